The fourth-order valence-electron chi connectivity index (χ4n) is 3.22. The van der Waals surface area contributed by atoms with Crippen LogP contribution < -0.4 is 4.72 Å². The molecular formula is C22H22F2N2O4S. The number of hydrogen-bond donors (Lipinski definition) is 3. The van der Waals surface area contributed by atoms with E-state index in [-0.39, 0.29) is 17.0 Å². The summed E-state index contributed by atoms with van der Waals surface area (Å²) in [7, 11) is -3.92. The summed E-state index contributed by atoms with van der Waals surface area (Å²) in [5.41, 5.74) is 1.69. The molecule has 0 bridgehead atoms. The van der Waals surface area contributed by atoms with Gasteiger partial charge in [-0.2, -0.15) is 0 Å². The number of benzene rings is 2. The van der Waals surface area contributed by atoms with E-state index in [9.17, 15) is 22.0 Å². The van der Waals surface area contributed by atoms with E-state index in [0.29, 0.717) is 17.0 Å². The molecule has 2 aromatic carbocycles. The Labute approximate surface area is 179 Å². The molecule has 0 spiro atoms. The van der Waals surface area contributed by atoms with Crippen LogP contribution in [0.3, 0.4) is 0 Å². The summed E-state index contributed by atoms with van der Waals surface area (Å²) in [5, 5.41) is 8.76. The highest BCUT2D eigenvalue weighted by atomic mass is 32.2. The maximum atomic E-state index is 14.7. The maximum Gasteiger partial charge on any atom is 0.234 e. The zero-order valence-electron chi connectivity index (χ0n) is 16.9. The predicted octanol–water partition coefficient (Wildman–Crippen LogP) is 3.72. The second kappa shape index (κ2) is 8.99. The van der Waals surface area contributed by atoms with Crippen molar-refractivity contribution in [1.29, 1.82) is 0 Å². The molecule has 0 aliphatic carbocycles. The lowest BCUT2D eigenvalue weighted by molar-refractivity contribution is 0.103. The van der Waals surface area contributed by atoms with Crippen molar-refractivity contribution in [3.63, 3.8) is 0 Å². The molecule has 164 valence electrons. The van der Waals surface area contributed by atoms with Gasteiger partial charge in [0, 0.05) is 22.7 Å². The van der Waals surface area contributed by atoms with Gasteiger partial charge in [-0.1, -0.05) is 36.8 Å². The summed E-state index contributed by atoms with van der Waals surface area (Å²) in [6.07, 6.45) is 0. The van der Waals surface area contributed by atoms with E-state index < -0.39 is 39.9 Å². The predicted molar refractivity (Wildman–Crippen MR) is 114 cm³/mol. The molecule has 0 radical (unpaired) electrons. The summed E-state index contributed by atoms with van der Waals surface area (Å²) in [6.45, 7) is 2.86. The number of rotatable bonds is 8. The molecule has 0 saturated heterocycles. The molecule has 0 amide bonds. The van der Waals surface area contributed by atoms with Crippen molar-refractivity contribution >= 4 is 21.5 Å². The number of halogens is 2. The van der Waals surface area contributed by atoms with E-state index >= 15 is 0 Å². The zero-order chi connectivity index (χ0) is 22.8. The fourth-order valence-corrected chi connectivity index (χ4v) is 4.04. The molecule has 3 N–H and O–H groups in total. The molecule has 1 atom stereocenters. The van der Waals surface area contributed by atoms with Crippen LogP contribution in [-0.2, 0) is 10.0 Å². The van der Waals surface area contributed by atoms with Crippen LogP contribution in [0.1, 0.15) is 45.7 Å². The highest BCUT2D eigenvalue weighted by Gasteiger charge is 2.22. The first-order chi connectivity index (χ1) is 14.6. The van der Waals surface area contributed by atoms with Crippen LogP contribution >= 0.6 is 0 Å². The maximum absolute atomic E-state index is 14.7. The van der Waals surface area contributed by atoms with E-state index in [1.54, 1.807) is 31.2 Å². The number of aromatic amines is 1. The van der Waals surface area contributed by atoms with E-state index in [2.05, 4.69) is 4.98 Å². The lowest BCUT2D eigenvalue weighted by atomic mass is 9.96. The molecular weight excluding hydrogens is 426 g/mol. The molecule has 31 heavy (non-hydrogen) atoms. The van der Waals surface area contributed by atoms with Crippen LogP contribution in [-0.4, -0.2) is 36.7 Å². The number of aryl methyl sites for hydroxylation is 1. The average Bonchev–Trinajstić information content (AvgIpc) is 3.17. The molecule has 9 heteroatoms. The van der Waals surface area contributed by atoms with Gasteiger partial charge in [-0.05, 0) is 31.2 Å². The van der Waals surface area contributed by atoms with E-state index in [1.165, 1.54) is 0 Å². The molecule has 1 unspecified atom stereocenters. The summed E-state index contributed by atoms with van der Waals surface area (Å²) in [4.78, 5) is 15.6. The monoisotopic (exact) mass is 448 g/mol. The van der Waals surface area contributed by atoms with Crippen molar-refractivity contribution in [3.05, 3.63) is 88.2 Å². The number of sulfonamides is 1. The topological polar surface area (TPSA) is 99.3 Å². The first-order valence-electron chi connectivity index (χ1n) is 9.52. The Morgan fingerprint density at radius 1 is 1.10 bits per heavy atom. The van der Waals surface area contributed by atoms with Gasteiger partial charge in [0.1, 0.15) is 11.6 Å². The first-order valence-corrected chi connectivity index (χ1v) is 11.2. The van der Waals surface area contributed by atoms with Crippen molar-refractivity contribution in [1.82, 2.24) is 4.98 Å². The minimum absolute atomic E-state index is 0.243. The minimum Gasteiger partial charge on any atom is -0.395 e. The van der Waals surface area contributed by atoms with E-state index in [0.717, 1.165) is 17.7 Å². The summed E-state index contributed by atoms with van der Waals surface area (Å²) >= 11 is 0. The number of anilines is 1. The number of carbonyl (C=O) groups excluding carboxylic acids is 1. The van der Waals surface area contributed by atoms with Crippen molar-refractivity contribution in [2.45, 2.75) is 19.8 Å². The number of carbonyl (C=O) groups is 1. The Kier molecular flexibility index (Phi) is 6.56. The van der Waals surface area contributed by atoms with Gasteiger partial charge in [0.05, 0.1) is 23.7 Å². The molecule has 1 heterocycles. The van der Waals surface area contributed by atoms with Crippen molar-refractivity contribution in [2.24, 2.45) is 0 Å². The van der Waals surface area contributed by atoms with Crippen molar-refractivity contribution < 1.29 is 27.1 Å². The van der Waals surface area contributed by atoms with Crippen LogP contribution in [0.15, 0.2) is 48.5 Å². The first kappa shape index (κ1) is 22.6. The summed E-state index contributed by atoms with van der Waals surface area (Å²) < 4.78 is 54.8. The van der Waals surface area contributed by atoms with Gasteiger partial charge >= 0.3 is 0 Å². The second-order valence-corrected chi connectivity index (χ2v) is 9.08. The quantitative estimate of drug-likeness (QED) is 0.458. The molecule has 0 aliphatic heterocycles. The van der Waals surface area contributed by atoms with Crippen molar-refractivity contribution in [2.75, 3.05) is 17.1 Å². The molecule has 1 aromatic heterocycles. The molecule has 3 aromatic rings. The largest absolute Gasteiger partial charge is 0.395 e. The van der Waals surface area contributed by atoms with Gasteiger partial charge in [0.15, 0.2) is 0 Å². The molecule has 0 saturated carbocycles. The van der Waals surface area contributed by atoms with Crippen LogP contribution in [0.5, 0.6) is 0 Å². The third kappa shape index (κ3) is 5.18. The lowest BCUT2D eigenvalue weighted by Crippen LogP contribution is -2.19. The number of H-pyrrole nitrogens is 1. The van der Waals surface area contributed by atoms with E-state index in [1.807, 2.05) is 23.8 Å². The fraction of sp³-hybridized carbons (Fsp3) is 0.227. The highest BCUT2D eigenvalue weighted by Crippen LogP contribution is 2.31. The molecule has 3 rings (SSSR count). The third-order valence-corrected chi connectivity index (χ3v) is 6.15. The Bertz CT molecular complexity index is 1180. The summed E-state index contributed by atoms with van der Waals surface area (Å²) in [5.74, 6) is -3.46. The van der Waals surface area contributed by atoms with Gasteiger partial charge in [-0.3, -0.25) is 9.52 Å². The summed E-state index contributed by atoms with van der Waals surface area (Å²) in [6, 6.07) is 12.0. The lowest BCUT2D eigenvalue weighted by Gasteiger charge is -2.15. The zero-order valence-corrected chi connectivity index (χ0v) is 17.8. The van der Waals surface area contributed by atoms with Crippen molar-refractivity contribution in [3.8, 4) is 0 Å². The third-order valence-electron chi connectivity index (χ3n) is 4.88. The number of ketones is 1. The average molecular weight is 448 g/mol. The number of aromatic nitrogens is 1. The van der Waals surface area contributed by atoms with Crippen LogP contribution in [0.4, 0.5) is 14.5 Å². The normalized spacial score (nSPS) is 12.5. The van der Waals surface area contributed by atoms with Crippen LogP contribution in [0.2, 0.25) is 0 Å². The molecule has 6 nitrogen and oxygen atoms in total. The minimum atomic E-state index is -3.92. The van der Waals surface area contributed by atoms with Gasteiger partial charge in [-0.15, -0.1) is 0 Å². The van der Waals surface area contributed by atoms with Gasteiger partial charge < -0.3 is 10.1 Å². The Morgan fingerprint density at radius 3 is 2.29 bits per heavy atom. The Morgan fingerprint density at radius 2 is 1.71 bits per heavy atom. The number of hydrogen-bond acceptors (Lipinski definition) is 4. The van der Waals surface area contributed by atoms with E-state index in [4.69, 9.17) is 5.11 Å². The number of aliphatic hydroxyl groups is 1. The SMILES string of the molecule is Cc1ccc(C(=O)c2ccc(C(C)c3c(F)cc(NS(=O)(=O)CCO)cc3F)[nH]2)cc1. The Balaban J connectivity index is 1.85. The number of aliphatic hydroxyl groups excluding tert-OH is 1. The molecule has 0 aliphatic rings. The molecule has 0 fully saturated rings. The van der Waals surface area contributed by atoms with Crippen LogP contribution in [0, 0.1) is 18.6 Å². The Hall–Kier alpha value is -3.04. The number of nitrogens with one attached hydrogen (secondary N) is 2. The van der Waals surface area contributed by atoms with Gasteiger partial charge in [0.25, 0.3) is 0 Å². The second-order valence-electron chi connectivity index (χ2n) is 7.24. The highest BCUT2D eigenvalue weighted by molar-refractivity contribution is 7.92. The smallest absolute Gasteiger partial charge is 0.234 e. The van der Waals surface area contributed by atoms with Crippen LogP contribution in [0.25, 0.3) is 0 Å². The van der Waals surface area contributed by atoms with Gasteiger partial charge in [-0.25, -0.2) is 17.2 Å². The van der Waals surface area contributed by atoms with Gasteiger partial charge in [0.2, 0.25) is 15.8 Å². The standard InChI is InChI=1S/C22H22F2N2O4S/c1-13-3-5-15(6-4-13)22(28)20-8-7-19(25-20)14(2)21-17(23)11-16(12-18(21)24)26-31(29,30)10-9-27/h3-8,11-12,14,25-27H,9-10H2,1-2H3.